The Balaban J connectivity index is 1.28. The number of likely N-dealkylation sites (tertiary alicyclic amines) is 2. The number of fused-ring (bicyclic) bond motifs is 2. The van der Waals surface area contributed by atoms with Crippen LogP contribution < -0.4 is 5.32 Å². The summed E-state index contributed by atoms with van der Waals surface area (Å²) in [7, 11) is 0. The first-order valence-electron chi connectivity index (χ1n) is 11.1. The average molecular weight is 382 g/mol. The summed E-state index contributed by atoms with van der Waals surface area (Å²) in [5.74, 6) is 0.525. The molecule has 1 N–H and O–H groups in total. The topological polar surface area (TPSA) is 52.7 Å². The Morgan fingerprint density at radius 1 is 1.00 bits per heavy atom. The van der Waals surface area contributed by atoms with Crippen molar-refractivity contribution in [2.24, 2.45) is 0 Å². The van der Waals surface area contributed by atoms with Crippen molar-refractivity contribution in [3.8, 4) is 0 Å². The summed E-state index contributed by atoms with van der Waals surface area (Å²) in [6, 6.07) is 9.40. The first kappa shape index (κ1) is 18.0. The molecule has 1 atom stereocenters. The number of nitrogens with one attached hydrogen (secondary N) is 1. The van der Waals surface area contributed by atoms with Gasteiger partial charge in [0.2, 0.25) is 5.91 Å². The molecule has 5 heteroatoms. The van der Waals surface area contributed by atoms with Crippen LogP contribution in [-0.2, 0) is 10.2 Å². The van der Waals surface area contributed by atoms with Gasteiger partial charge in [-0.1, -0.05) is 24.3 Å². The van der Waals surface area contributed by atoms with Gasteiger partial charge in [-0.25, -0.2) is 4.79 Å². The molecule has 1 spiro atoms. The lowest BCUT2D eigenvalue weighted by molar-refractivity contribution is -0.121. The molecule has 3 amide bonds. The van der Waals surface area contributed by atoms with E-state index in [-0.39, 0.29) is 17.4 Å². The number of carbonyl (C=O) groups excluding carboxylic acids is 2. The van der Waals surface area contributed by atoms with Gasteiger partial charge in [-0.2, -0.15) is 0 Å². The lowest BCUT2D eigenvalue weighted by Crippen LogP contribution is -2.49. The highest BCUT2D eigenvalue weighted by atomic mass is 16.2. The van der Waals surface area contributed by atoms with E-state index in [1.54, 1.807) is 0 Å². The van der Waals surface area contributed by atoms with Gasteiger partial charge in [0, 0.05) is 38.6 Å². The molecule has 1 saturated carbocycles. The number of piperidine rings is 1. The smallest absolute Gasteiger partial charge is 0.319 e. The summed E-state index contributed by atoms with van der Waals surface area (Å²) in [6.45, 7) is 3.51. The van der Waals surface area contributed by atoms with Crippen LogP contribution in [0, 0.1) is 0 Å². The van der Waals surface area contributed by atoms with E-state index >= 15 is 0 Å². The van der Waals surface area contributed by atoms with Crippen molar-refractivity contribution in [2.75, 3.05) is 26.2 Å². The number of rotatable bonds is 3. The van der Waals surface area contributed by atoms with Gasteiger partial charge in [0.1, 0.15) is 0 Å². The molecule has 5 rings (SSSR count). The molecular weight excluding hydrogens is 350 g/mol. The quantitative estimate of drug-likeness (QED) is 0.873. The fourth-order valence-electron chi connectivity index (χ4n) is 5.66. The van der Waals surface area contributed by atoms with Crippen molar-refractivity contribution < 1.29 is 9.59 Å². The highest BCUT2D eigenvalue weighted by molar-refractivity contribution is 5.78. The molecule has 2 saturated heterocycles. The Morgan fingerprint density at radius 2 is 1.68 bits per heavy atom. The lowest BCUT2D eigenvalue weighted by atomic mass is 9.73. The van der Waals surface area contributed by atoms with Crippen LogP contribution in [0.25, 0.3) is 0 Å². The molecule has 0 bridgehead atoms. The van der Waals surface area contributed by atoms with E-state index in [4.69, 9.17) is 0 Å². The summed E-state index contributed by atoms with van der Waals surface area (Å²) in [5.41, 5.74) is 2.95. The summed E-state index contributed by atoms with van der Waals surface area (Å²) in [6.07, 6.45) is 8.25. The van der Waals surface area contributed by atoms with Crippen LogP contribution >= 0.6 is 0 Å². The summed E-state index contributed by atoms with van der Waals surface area (Å²) in [4.78, 5) is 29.3. The third kappa shape index (κ3) is 3.29. The van der Waals surface area contributed by atoms with Crippen molar-refractivity contribution in [1.29, 1.82) is 0 Å². The fourth-order valence-corrected chi connectivity index (χ4v) is 5.66. The van der Waals surface area contributed by atoms with Crippen LogP contribution in [0.4, 0.5) is 4.79 Å². The molecule has 5 nitrogen and oxygen atoms in total. The van der Waals surface area contributed by atoms with E-state index in [1.165, 1.54) is 11.1 Å². The summed E-state index contributed by atoms with van der Waals surface area (Å²) >= 11 is 0. The zero-order chi connectivity index (χ0) is 19.1. The normalized spacial score (nSPS) is 25.8. The third-order valence-corrected chi connectivity index (χ3v) is 7.35. The third-order valence-electron chi connectivity index (χ3n) is 7.35. The van der Waals surface area contributed by atoms with E-state index in [2.05, 4.69) is 34.5 Å². The Morgan fingerprint density at radius 3 is 2.39 bits per heavy atom. The Labute approximate surface area is 167 Å². The van der Waals surface area contributed by atoms with Crippen LogP contribution in [0.1, 0.15) is 68.4 Å². The zero-order valence-electron chi connectivity index (χ0n) is 16.7. The molecule has 0 aromatic heterocycles. The van der Waals surface area contributed by atoms with Crippen LogP contribution in [0.3, 0.4) is 0 Å². The largest absolute Gasteiger partial charge is 0.353 e. The molecule has 0 radical (unpaired) electrons. The molecule has 2 heterocycles. The van der Waals surface area contributed by atoms with E-state index in [0.717, 1.165) is 71.1 Å². The van der Waals surface area contributed by atoms with Gasteiger partial charge in [0.15, 0.2) is 0 Å². The lowest BCUT2D eigenvalue weighted by Gasteiger charge is -2.41. The number of carbonyl (C=O) groups is 2. The van der Waals surface area contributed by atoms with Gasteiger partial charge in [-0.3, -0.25) is 4.79 Å². The average Bonchev–Trinajstić information content (AvgIpc) is 3.25. The highest BCUT2D eigenvalue weighted by Gasteiger charge is 2.46. The molecule has 1 aromatic rings. The van der Waals surface area contributed by atoms with E-state index in [1.807, 2.05) is 4.90 Å². The molecule has 2 aliphatic carbocycles. The number of hydrogen-bond acceptors (Lipinski definition) is 2. The van der Waals surface area contributed by atoms with E-state index in [9.17, 15) is 9.59 Å². The number of benzene rings is 1. The SMILES string of the molecule is O=C(CC1CC2(CCN(C(=O)N3CCCC3)CC2)c2ccccc21)NC1CC1. The Bertz CT molecular complexity index is 759. The Kier molecular flexibility index (Phi) is 4.56. The van der Waals surface area contributed by atoms with Crippen LogP contribution in [-0.4, -0.2) is 54.0 Å². The summed E-state index contributed by atoms with van der Waals surface area (Å²) < 4.78 is 0. The standard InChI is InChI=1S/C23H31N3O2/c27-21(24-18-7-8-18)15-17-16-23(20-6-2-1-5-19(17)20)9-13-26(14-10-23)22(28)25-11-3-4-12-25/h1-2,5-6,17-18H,3-4,7-16H2,(H,24,27). The van der Waals surface area contributed by atoms with Crippen LogP contribution in [0.2, 0.25) is 0 Å². The zero-order valence-corrected chi connectivity index (χ0v) is 16.7. The van der Waals surface area contributed by atoms with Gasteiger partial charge in [-0.05, 0) is 67.4 Å². The van der Waals surface area contributed by atoms with Gasteiger partial charge in [-0.15, -0.1) is 0 Å². The monoisotopic (exact) mass is 381 g/mol. The second kappa shape index (κ2) is 7.09. The van der Waals surface area contributed by atoms with Gasteiger partial charge >= 0.3 is 6.03 Å². The molecule has 3 fully saturated rings. The molecule has 150 valence electrons. The van der Waals surface area contributed by atoms with Crippen LogP contribution in [0.5, 0.6) is 0 Å². The van der Waals surface area contributed by atoms with E-state index < -0.39 is 0 Å². The first-order valence-corrected chi connectivity index (χ1v) is 11.1. The van der Waals surface area contributed by atoms with Crippen LogP contribution in [0.15, 0.2) is 24.3 Å². The van der Waals surface area contributed by atoms with Crippen molar-refractivity contribution in [3.63, 3.8) is 0 Å². The highest BCUT2D eigenvalue weighted by Crippen LogP contribution is 2.52. The second-order valence-electron chi connectivity index (χ2n) is 9.28. The molecule has 28 heavy (non-hydrogen) atoms. The van der Waals surface area contributed by atoms with Crippen molar-refractivity contribution in [3.05, 3.63) is 35.4 Å². The molecular formula is C23H31N3O2. The number of nitrogens with zero attached hydrogens (tertiary/aromatic N) is 2. The predicted molar refractivity (Wildman–Crippen MR) is 108 cm³/mol. The molecule has 1 aromatic carbocycles. The Hall–Kier alpha value is -2.04. The van der Waals surface area contributed by atoms with Gasteiger partial charge in [0.05, 0.1) is 0 Å². The van der Waals surface area contributed by atoms with Crippen molar-refractivity contribution in [1.82, 2.24) is 15.1 Å². The maximum atomic E-state index is 12.8. The maximum Gasteiger partial charge on any atom is 0.319 e. The number of amides is 3. The maximum absolute atomic E-state index is 12.8. The number of hydrogen-bond donors (Lipinski definition) is 1. The molecule has 4 aliphatic rings. The second-order valence-corrected chi connectivity index (χ2v) is 9.28. The van der Waals surface area contributed by atoms with E-state index in [0.29, 0.717) is 18.4 Å². The minimum absolute atomic E-state index is 0.142. The fraction of sp³-hybridized carbons (Fsp3) is 0.652. The molecule has 2 aliphatic heterocycles. The number of urea groups is 1. The molecule has 1 unspecified atom stereocenters. The predicted octanol–water partition coefficient (Wildman–Crippen LogP) is 3.39. The summed E-state index contributed by atoms with van der Waals surface area (Å²) in [5, 5.41) is 3.16. The van der Waals surface area contributed by atoms with Gasteiger partial charge < -0.3 is 15.1 Å². The van der Waals surface area contributed by atoms with Crippen molar-refractivity contribution in [2.45, 2.75) is 68.7 Å². The van der Waals surface area contributed by atoms with Crippen molar-refractivity contribution >= 4 is 11.9 Å². The minimum atomic E-state index is 0.142. The van der Waals surface area contributed by atoms with Gasteiger partial charge in [0.25, 0.3) is 0 Å². The minimum Gasteiger partial charge on any atom is -0.353 e. The first-order chi connectivity index (χ1) is 13.6.